The summed E-state index contributed by atoms with van der Waals surface area (Å²) < 4.78 is 15.9. The smallest absolute Gasteiger partial charge is 0.325 e. The van der Waals surface area contributed by atoms with Gasteiger partial charge in [-0.25, -0.2) is 0 Å². The summed E-state index contributed by atoms with van der Waals surface area (Å²) in [6.07, 6.45) is 0.405. The van der Waals surface area contributed by atoms with E-state index in [0.717, 1.165) is 22.9 Å². The molecular formula is C22H23NO6S. The molecule has 1 amide bonds. The van der Waals surface area contributed by atoms with Gasteiger partial charge in [0.1, 0.15) is 13.2 Å². The summed E-state index contributed by atoms with van der Waals surface area (Å²) in [5.41, 5.74) is 1.76. The molecule has 7 nitrogen and oxygen atoms in total. The first-order valence-electron chi connectivity index (χ1n) is 9.50. The minimum absolute atomic E-state index is 0.0687. The van der Waals surface area contributed by atoms with Crippen molar-refractivity contribution in [1.29, 1.82) is 0 Å². The fourth-order valence-electron chi connectivity index (χ4n) is 2.89. The largest absolute Gasteiger partial charge is 0.460 e. The Morgan fingerprint density at radius 1 is 1.07 bits per heavy atom. The Hall–Kier alpha value is -3.00. The predicted octanol–water partition coefficient (Wildman–Crippen LogP) is 2.71. The van der Waals surface area contributed by atoms with Gasteiger partial charge in [0.15, 0.2) is 16.6 Å². The van der Waals surface area contributed by atoms with Crippen molar-refractivity contribution in [2.75, 3.05) is 19.1 Å². The van der Waals surface area contributed by atoms with Gasteiger partial charge in [-0.2, -0.15) is 0 Å². The van der Waals surface area contributed by atoms with Crippen molar-refractivity contribution in [3.8, 4) is 11.5 Å². The lowest BCUT2D eigenvalue weighted by atomic mass is 9.99. The number of amides is 1. The minimum Gasteiger partial charge on any atom is -0.460 e. The normalized spacial score (nSPS) is 12.8. The Morgan fingerprint density at radius 2 is 1.83 bits per heavy atom. The zero-order chi connectivity index (χ0) is 21.3. The van der Waals surface area contributed by atoms with E-state index >= 15 is 0 Å². The fourth-order valence-corrected chi connectivity index (χ4v) is 3.60. The number of esters is 1. The van der Waals surface area contributed by atoms with Crippen LogP contribution in [0.15, 0.2) is 48.5 Å². The molecule has 0 aliphatic carbocycles. The molecule has 1 atom stereocenters. The number of benzene rings is 2. The number of nitrogens with one attached hydrogen (secondary N) is 1. The van der Waals surface area contributed by atoms with Crippen LogP contribution in [0.1, 0.15) is 18.1 Å². The molecule has 0 bridgehead atoms. The number of carbonyl (C=O) groups excluding carboxylic acids is 3. The quantitative estimate of drug-likeness (QED) is 0.613. The van der Waals surface area contributed by atoms with Gasteiger partial charge in [0, 0.05) is 12.7 Å². The first kappa shape index (κ1) is 21.7. The van der Waals surface area contributed by atoms with Crippen LogP contribution < -0.4 is 14.8 Å². The highest BCUT2D eigenvalue weighted by Crippen LogP contribution is 2.33. The molecule has 0 saturated heterocycles. The maximum Gasteiger partial charge on any atom is 0.325 e. The van der Waals surface area contributed by atoms with Gasteiger partial charge in [0.05, 0.1) is 5.92 Å². The molecule has 0 aromatic heterocycles. The SMILES string of the molecule is CC(=O)SCC(Cc1ccc2c(c1)OCO2)C(=O)NCC(=O)OCc1ccccc1. The van der Waals surface area contributed by atoms with Crippen LogP contribution in [0.3, 0.4) is 0 Å². The van der Waals surface area contributed by atoms with Gasteiger partial charge in [-0.1, -0.05) is 48.2 Å². The summed E-state index contributed by atoms with van der Waals surface area (Å²) >= 11 is 1.08. The van der Waals surface area contributed by atoms with E-state index in [1.807, 2.05) is 42.5 Å². The molecule has 1 heterocycles. The molecule has 2 aromatic carbocycles. The number of rotatable bonds is 9. The Labute approximate surface area is 179 Å². The molecule has 0 radical (unpaired) electrons. The van der Waals surface area contributed by atoms with Crippen molar-refractivity contribution in [3.05, 3.63) is 59.7 Å². The number of ether oxygens (including phenoxy) is 3. The predicted molar refractivity (Wildman–Crippen MR) is 112 cm³/mol. The van der Waals surface area contributed by atoms with E-state index in [9.17, 15) is 14.4 Å². The molecule has 8 heteroatoms. The monoisotopic (exact) mass is 429 g/mol. The Kier molecular flexibility index (Phi) is 7.73. The fraction of sp³-hybridized carbons (Fsp3) is 0.318. The third kappa shape index (κ3) is 6.52. The van der Waals surface area contributed by atoms with Crippen LogP contribution in [-0.4, -0.2) is 36.1 Å². The third-order valence-electron chi connectivity index (χ3n) is 4.43. The van der Waals surface area contributed by atoms with E-state index in [0.29, 0.717) is 23.7 Å². The number of carbonyl (C=O) groups is 3. The summed E-state index contributed by atoms with van der Waals surface area (Å²) in [4.78, 5) is 36.0. The zero-order valence-corrected chi connectivity index (χ0v) is 17.4. The van der Waals surface area contributed by atoms with Gasteiger partial charge < -0.3 is 19.5 Å². The first-order chi connectivity index (χ1) is 14.5. The second-order valence-corrected chi connectivity index (χ2v) is 7.95. The van der Waals surface area contributed by atoms with Gasteiger partial charge in [-0.3, -0.25) is 14.4 Å². The summed E-state index contributed by atoms with van der Waals surface area (Å²) in [5.74, 6) is 0.302. The van der Waals surface area contributed by atoms with Crippen LogP contribution >= 0.6 is 11.8 Å². The summed E-state index contributed by atoms with van der Waals surface area (Å²) in [7, 11) is 0. The molecular weight excluding hydrogens is 406 g/mol. The molecule has 3 rings (SSSR count). The maximum absolute atomic E-state index is 12.7. The van der Waals surface area contributed by atoms with Crippen molar-refractivity contribution < 1.29 is 28.6 Å². The molecule has 0 saturated carbocycles. The Bertz CT molecular complexity index is 902. The number of fused-ring (bicyclic) bond motifs is 1. The zero-order valence-electron chi connectivity index (χ0n) is 16.6. The van der Waals surface area contributed by atoms with Crippen LogP contribution in [0, 0.1) is 5.92 Å². The molecule has 0 fully saturated rings. The van der Waals surface area contributed by atoms with E-state index in [-0.39, 0.29) is 31.0 Å². The second-order valence-electron chi connectivity index (χ2n) is 6.76. The molecule has 1 N–H and O–H groups in total. The molecule has 1 unspecified atom stereocenters. The van der Waals surface area contributed by atoms with Crippen molar-refractivity contribution in [1.82, 2.24) is 5.32 Å². The Morgan fingerprint density at radius 3 is 2.60 bits per heavy atom. The van der Waals surface area contributed by atoms with Crippen molar-refractivity contribution in [2.24, 2.45) is 5.92 Å². The topological polar surface area (TPSA) is 90.9 Å². The highest BCUT2D eigenvalue weighted by atomic mass is 32.2. The van der Waals surface area contributed by atoms with Gasteiger partial charge in [0.2, 0.25) is 12.7 Å². The number of hydrogen-bond acceptors (Lipinski definition) is 7. The van der Waals surface area contributed by atoms with Gasteiger partial charge in [-0.15, -0.1) is 0 Å². The van der Waals surface area contributed by atoms with E-state index < -0.39 is 11.9 Å². The summed E-state index contributed by atoms with van der Waals surface area (Å²) in [5, 5.41) is 2.55. The lowest BCUT2D eigenvalue weighted by Gasteiger charge is -2.16. The highest BCUT2D eigenvalue weighted by Gasteiger charge is 2.22. The number of thioether (sulfide) groups is 1. The molecule has 1 aliphatic rings. The van der Waals surface area contributed by atoms with Gasteiger partial charge in [-0.05, 0) is 29.7 Å². The van der Waals surface area contributed by atoms with Crippen molar-refractivity contribution in [2.45, 2.75) is 20.0 Å². The van der Waals surface area contributed by atoms with E-state index in [1.165, 1.54) is 6.92 Å². The van der Waals surface area contributed by atoms with Gasteiger partial charge >= 0.3 is 5.97 Å². The van der Waals surface area contributed by atoms with Gasteiger partial charge in [0.25, 0.3) is 0 Å². The second kappa shape index (κ2) is 10.7. The summed E-state index contributed by atoms with van der Waals surface area (Å²) in [6.45, 7) is 1.56. The lowest BCUT2D eigenvalue weighted by Crippen LogP contribution is -2.37. The van der Waals surface area contributed by atoms with Crippen molar-refractivity contribution in [3.63, 3.8) is 0 Å². The molecule has 158 valence electrons. The first-order valence-corrected chi connectivity index (χ1v) is 10.5. The van der Waals surface area contributed by atoms with Crippen LogP contribution in [0.4, 0.5) is 0 Å². The van der Waals surface area contributed by atoms with E-state index in [2.05, 4.69) is 5.32 Å². The molecule has 30 heavy (non-hydrogen) atoms. The van der Waals surface area contributed by atoms with E-state index in [4.69, 9.17) is 14.2 Å². The van der Waals surface area contributed by atoms with Crippen LogP contribution in [-0.2, 0) is 32.1 Å². The standard InChI is InChI=1S/C22H23NO6S/c1-15(24)30-13-18(9-17-7-8-19-20(10-17)29-14-28-19)22(26)23-11-21(25)27-12-16-5-3-2-4-6-16/h2-8,10,18H,9,11-14H2,1H3,(H,23,26). The lowest BCUT2D eigenvalue weighted by molar-refractivity contribution is -0.145. The van der Waals surface area contributed by atoms with E-state index in [1.54, 1.807) is 6.07 Å². The molecule has 2 aromatic rings. The van der Waals surface area contributed by atoms with Crippen LogP contribution in [0.5, 0.6) is 11.5 Å². The average Bonchev–Trinajstić information content (AvgIpc) is 3.22. The maximum atomic E-state index is 12.7. The third-order valence-corrected chi connectivity index (χ3v) is 5.40. The average molecular weight is 429 g/mol. The highest BCUT2D eigenvalue weighted by molar-refractivity contribution is 8.13. The van der Waals surface area contributed by atoms with Crippen LogP contribution in [0.2, 0.25) is 0 Å². The molecule has 0 spiro atoms. The van der Waals surface area contributed by atoms with Crippen LogP contribution in [0.25, 0.3) is 0 Å². The molecule has 1 aliphatic heterocycles. The number of hydrogen-bond donors (Lipinski definition) is 1. The summed E-state index contributed by atoms with van der Waals surface area (Å²) in [6, 6.07) is 14.8. The minimum atomic E-state index is -0.520. The Balaban J connectivity index is 1.53. The van der Waals surface area contributed by atoms with Crippen molar-refractivity contribution >= 4 is 28.8 Å².